The van der Waals surface area contributed by atoms with Crippen molar-refractivity contribution in [3.63, 3.8) is 0 Å². The van der Waals surface area contributed by atoms with E-state index in [-0.39, 0.29) is 17.0 Å². The monoisotopic (exact) mass is 304 g/mol. The summed E-state index contributed by atoms with van der Waals surface area (Å²) in [6, 6.07) is 2.07. The van der Waals surface area contributed by atoms with Gasteiger partial charge in [0.05, 0.1) is 5.69 Å². The number of hydrogen-bond acceptors (Lipinski definition) is 1. The first-order chi connectivity index (χ1) is 5.66. The van der Waals surface area contributed by atoms with Crippen LogP contribution < -0.4 is 0 Å². The van der Waals surface area contributed by atoms with Crippen LogP contribution in [0.15, 0.2) is 22.9 Å². The van der Waals surface area contributed by atoms with E-state index >= 15 is 0 Å². The summed E-state index contributed by atoms with van der Waals surface area (Å²) in [6.45, 7) is 4.06. The quantitative estimate of drug-likeness (QED) is 0.730. The smallest absolute Gasteiger partial charge is 0.139 e. The molecule has 2 aromatic heterocycles. The molecule has 13 heavy (non-hydrogen) atoms. The van der Waals surface area contributed by atoms with E-state index in [1.807, 2.05) is 23.7 Å². The first kappa shape index (κ1) is 10.7. The van der Waals surface area contributed by atoms with Gasteiger partial charge in [0.25, 0.3) is 0 Å². The third-order valence-electron chi connectivity index (χ3n) is 1.82. The minimum atomic E-state index is 0. The number of halogens is 2. The van der Waals surface area contributed by atoms with Crippen LogP contribution in [-0.4, -0.2) is 9.38 Å². The van der Waals surface area contributed by atoms with Gasteiger partial charge >= 0.3 is 0 Å². The molecule has 2 rings (SSSR count). The molecule has 0 bridgehead atoms. The lowest BCUT2D eigenvalue weighted by atomic mass is 10.3. The van der Waals surface area contributed by atoms with Crippen LogP contribution in [0.1, 0.15) is 11.3 Å². The van der Waals surface area contributed by atoms with Crippen molar-refractivity contribution >= 4 is 38.6 Å². The van der Waals surface area contributed by atoms with E-state index in [2.05, 4.69) is 33.9 Å². The highest BCUT2D eigenvalue weighted by Gasteiger charge is 2.01. The van der Waals surface area contributed by atoms with Gasteiger partial charge in [-0.25, -0.2) is 4.98 Å². The van der Waals surface area contributed by atoms with Crippen LogP contribution in [0.5, 0.6) is 0 Å². The molecule has 0 atom stereocenters. The van der Waals surface area contributed by atoms with Crippen LogP contribution in [0.2, 0.25) is 0 Å². The zero-order chi connectivity index (χ0) is 8.72. The Hall–Kier alpha value is -0.350. The van der Waals surface area contributed by atoms with Crippen molar-refractivity contribution in [3.05, 3.63) is 34.2 Å². The Bertz CT molecular complexity index is 434. The van der Waals surface area contributed by atoms with Crippen LogP contribution in [0.25, 0.3) is 5.65 Å². The Labute approximate surface area is 95.9 Å². The number of rotatable bonds is 0. The van der Waals surface area contributed by atoms with Crippen molar-refractivity contribution in [1.82, 2.24) is 9.38 Å². The maximum absolute atomic E-state index is 4.40. The molecule has 2 nitrogen and oxygen atoms in total. The van der Waals surface area contributed by atoms with Crippen molar-refractivity contribution in [2.24, 2.45) is 0 Å². The molecule has 0 amide bonds. The molecule has 0 saturated heterocycles. The second kappa shape index (κ2) is 3.80. The average molecular weight is 306 g/mol. The van der Waals surface area contributed by atoms with Crippen molar-refractivity contribution in [2.45, 2.75) is 13.8 Å². The van der Waals surface area contributed by atoms with Gasteiger partial charge in [0.2, 0.25) is 0 Å². The summed E-state index contributed by atoms with van der Waals surface area (Å²) in [7, 11) is 0. The predicted octanol–water partition coefficient (Wildman–Crippen LogP) is 3.29. The molecule has 0 unspecified atom stereocenters. The lowest BCUT2D eigenvalue weighted by Gasteiger charge is -1.97. The molecule has 0 spiro atoms. The van der Waals surface area contributed by atoms with Gasteiger partial charge in [0.15, 0.2) is 0 Å². The van der Waals surface area contributed by atoms with Gasteiger partial charge in [-0.15, -0.1) is 17.0 Å². The van der Waals surface area contributed by atoms with E-state index < -0.39 is 0 Å². The summed E-state index contributed by atoms with van der Waals surface area (Å²) in [4.78, 5) is 4.40. The highest BCUT2D eigenvalue weighted by Crippen LogP contribution is 2.16. The van der Waals surface area contributed by atoms with E-state index in [0.29, 0.717) is 0 Å². The second-order valence-corrected chi connectivity index (χ2v) is 3.87. The maximum Gasteiger partial charge on any atom is 0.139 e. The first-order valence-corrected chi connectivity index (χ1v) is 4.57. The number of hydrogen-bond donors (Lipinski definition) is 0. The minimum absolute atomic E-state index is 0. The van der Waals surface area contributed by atoms with Gasteiger partial charge < -0.3 is 4.40 Å². The Morgan fingerprint density at radius 2 is 2.00 bits per heavy atom. The second-order valence-electron chi connectivity index (χ2n) is 2.95. The fourth-order valence-corrected chi connectivity index (χ4v) is 1.91. The van der Waals surface area contributed by atoms with Crippen molar-refractivity contribution in [2.75, 3.05) is 0 Å². The molecule has 4 heteroatoms. The largest absolute Gasteiger partial charge is 0.305 e. The topological polar surface area (TPSA) is 17.3 Å². The lowest BCUT2D eigenvalue weighted by molar-refractivity contribution is 1.15. The summed E-state index contributed by atoms with van der Waals surface area (Å²) in [5.41, 5.74) is 3.28. The van der Waals surface area contributed by atoms with E-state index in [1.165, 1.54) is 5.56 Å². The zero-order valence-electron chi connectivity index (χ0n) is 7.41. The SMILES string of the molecule is Br.Cc1cn2cc(Br)cc(C)c2n1. The summed E-state index contributed by atoms with van der Waals surface area (Å²) in [6.07, 6.45) is 4.04. The molecular weight excluding hydrogens is 296 g/mol. The fraction of sp³-hybridized carbons (Fsp3) is 0.222. The molecule has 0 aliphatic heterocycles. The molecule has 0 radical (unpaired) electrons. The number of pyridine rings is 1. The van der Waals surface area contributed by atoms with Crippen LogP contribution in [0.3, 0.4) is 0 Å². The van der Waals surface area contributed by atoms with Crippen molar-refractivity contribution < 1.29 is 0 Å². The van der Waals surface area contributed by atoms with Gasteiger partial charge in [-0.3, -0.25) is 0 Å². The van der Waals surface area contributed by atoms with E-state index in [1.54, 1.807) is 0 Å². The van der Waals surface area contributed by atoms with Gasteiger partial charge in [-0.2, -0.15) is 0 Å². The molecule has 0 aliphatic carbocycles. The fourth-order valence-electron chi connectivity index (χ4n) is 1.35. The average Bonchev–Trinajstić information content (AvgIpc) is 2.29. The molecular formula is C9H10Br2N2. The van der Waals surface area contributed by atoms with Gasteiger partial charge in [0.1, 0.15) is 5.65 Å². The Balaban J connectivity index is 0.000000845. The van der Waals surface area contributed by atoms with E-state index in [0.717, 1.165) is 15.8 Å². The Morgan fingerprint density at radius 1 is 1.31 bits per heavy atom. The number of imidazole rings is 1. The molecule has 2 aromatic rings. The molecule has 0 N–H and O–H groups in total. The molecule has 70 valence electrons. The normalized spacial score (nSPS) is 10.1. The van der Waals surface area contributed by atoms with Crippen LogP contribution >= 0.6 is 32.9 Å². The zero-order valence-corrected chi connectivity index (χ0v) is 10.7. The molecule has 2 heterocycles. The van der Waals surface area contributed by atoms with Gasteiger partial charge in [0, 0.05) is 16.9 Å². The van der Waals surface area contributed by atoms with Crippen LogP contribution in [-0.2, 0) is 0 Å². The number of nitrogens with zero attached hydrogens (tertiary/aromatic N) is 2. The van der Waals surface area contributed by atoms with Crippen molar-refractivity contribution in [3.8, 4) is 0 Å². The molecule has 0 aliphatic rings. The summed E-state index contributed by atoms with van der Waals surface area (Å²) in [5, 5.41) is 0. The van der Waals surface area contributed by atoms with Gasteiger partial charge in [-0.05, 0) is 41.4 Å². The number of aryl methyl sites for hydroxylation is 2. The number of fused-ring (bicyclic) bond motifs is 1. The van der Waals surface area contributed by atoms with Gasteiger partial charge in [-0.1, -0.05) is 0 Å². The first-order valence-electron chi connectivity index (χ1n) is 3.78. The van der Waals surface area contributed by atoms with E-state index in [9.17, 15) is 0 Å². The third kappa shape index (κ3) is 1.94. The van der Waals surface area contributed by atoms with E-state index in [4.69, 9.17) is 0 Å². The predicted molar refractivity (Wildman–Crippen MR) is 62.7 cm³/mol. The lowest BCUT2D eigenvalue weighted by Crippen LogP contribution is -1.86. The standard InChI is InChI=1S/C9H9BrN2.BrH/c1-6-3-8(10)5-12-4-7(2)11-9(6)12;/h3-5H,1-2H3;1H. The minimum Gasteiger partial charge on any atom is -0.305 e. The Morgan fingerprint density at radius 3 is 2.69 bits per heavy atom. The Kier molecular flexibility index (Phi) is 3.14. The maximum atomic E-state index is 4.40. The third-order valence-corrected chi connectivity index (χ3v) is 2.26. The summed E-state index contributed by atoms with van der Waals surface area (Å²) in [5.74, 6) is 0. The van der Waals surface area contributed by atoms with Crippen molar-refractivity contribution in [1.29, 1.82) is 0 Å². The van der Waals surface area contributed by atoms with Crippen LogP contribution in [0.4, 0.5) is 0 Å². The molecule has 0 fully saturated rings. The molecule has 0 saturated carbocycles. The highest BCUT2D eigenvalue weighted by atomic mass is 79.9. The number of aromatic nitrogens is 2. The van der Waals surface area contributed by atoms with Crippen LogP contribution in [0, 0.1) is 13.8 Å². The summed E-state index contributed by atoms with van der Waals surface area (Å²) < 4.78 is 3.12. The molecule has 0 aromatic carbocycles. The highest BCUT2D eigenvalue weighted by molar-refractivity contribution is 9.10. The summed E-state index contributed by atoms with van der Waals surface area (Å²) >= 11 is 3.44.